The minimum atomic E-state index is -0.211. The number of nitrogens with zero attached hydrogens (tertiary/aromatic N) is 1. The van der Waals surface area contributed by atoms with Crippen LogP contribution in [-0.2, 0) is 12.8 Å². The minimum Gasteiger partial charge on any atom is -0.497 e. The van der Waals surface area contributed by atoms with Gasteiger partial charge in [-0.05, 0) is 54.3 Å². The van der Waals surface area contributed by atoms with E-state index in [1.54, 1.807) is 19.4 Å². The highest BCUT2D eigenvalue weighted by atomic mass is 16.5. The normalized spacial score (nSPS) is 10.4. The van der Waals surface area contributed by atoms with Crippen molar-refractivity contribution in [2.75, 3.05) is 24.3 Å². The van der Waals surface area contributed by atoms with Crippen molar-refractivity contribution >= 4 is 17.3 Å². The molecule has 28 heavy (non-hydrogen) atoms. The zero-order valence-corrected chi connectivity index (χ0v) is 16.2. The molecule has 3 aromatic rings. The van der Waals surface area contributed by atoms with E-state index >= 15 is 0 Å². The van der Waals surface area contributed by atoms with E-state index in [0.29, 0.717) is 5.69 Å². The number of hydrogen-bond donors (Lipinski definition) is 2. The van der Waals surface area contributed by atoms with Gasteiger partial charge in [0.05, 0.1) is 7.11 Å². The molecule has 0 aliphatic carbocycles. The van der Waals surface area contributed by atoms with Gasteiger partial charge in [0.15, 0.2) is 0 Å². The third-order valence-electron chi connectivity index (χ3n) is 4.52. The van der Waals surface area contributed by atoms with Gasteiger partial charge in [-0.25, -0.2) is 0 Å². The number of anilines is 2. The first-order valence-corrected chi connectivity index (χ1v) is 9.41. The van der Waals surface area contributed by atoms with Crippen molar-refractivity contribution in [3.63, 3.8) is 0 Å². The van der Waals surface area contributed by atoms with Crippen molar-refractivity contribution in [2.24, 2.45) is 0 Å². The lowest BCUT2D eigenvalue weighted by atomic mass is 10.1. The van der Waals surface area contributed by atoms with Gasteiger partial charge in [0.1, 0.15) is 11.4 Å². The number of carbonyl (C=O) groups is 1. The monoisotopic (exact) mass is 375 g/mol. The Hall–Kier alpha value is -3.34. The molecule has 2 N–H and O–H groups in total. The van der Waals surface area contributed by atoms with Crippen LogP contribution >= 0.6 is 0 Å². The maximum absolute atomic E-state index is 12.6. The largest absolute Gasteiger partial charge is 0.497 e. The van der Waals surface area contributed by atoms with Gasteiger partial charge in [0, 0.05) is 24.1 Å². The summed E-state index contributed by atoms with van der Waals surface area (Å²) in [4.78, 5) is 16.8. The van der Waals surface area contributed by atoms with Crippen LogP contribution in [0.3, 0.4) is 0 Å². The second-order valence-electron chi connectivity index (χ2n) is 6.42. The lowest BCUT2D eigenvalue weighted by Gasteiger charge is -2.11. The lowest BCUT2D eigenvalue weighted by molar-refractivity contribution is 0.102. The molecule has 5 nitrogen and oxygen atoms in total. The summed E-state index contributed by atoms with van der Waals surface area (Å²) >= 11 is 0. The number of aryl methyl sites for hydroxylation is 1. The van der Waals surface area contributed by atoms with E-state index in [4.69, 9.17) is 4.74 Å². The number of pyridine rings is 1. The number of benzene rings is 2. The average molecular weight is 375 g/mol. The third kappa shape index (κ3) is 5.10. The van der Waals surface area contributed by atoms with Crippen LogP contribution in [0.25, 0.3) is 0 Å². The summed E-state index contributed by atoms with van der Waals surface area (Å²) in [5.41, 5.74) is 4.37. The van der Waals surface area contributed by atoms with Crippen molar-refractivity contribution in [1.29, 1.82) is 0 Å². The number of aromatic nitrogens is 1. The van der Waals surface area contributed by atoms with E-state index in [1.165, 1.54) is 5.56 Å². The summed E-state index contributed by atoms with van der Waals surface area (Å²) in [6.45, 7) is 2.81. The minimum absolute atomic E-state index is 0.211. The van der Waals surface area contributed by atoms with Gasteiger partial charge in [-0.1, -0.05) is 37.3 Å². The highest BCUT2D eigenvalue weighted by molar-refractivity contribution is 6.03. The fourth-order valence-corrected chi connectivity index (χ4v) is 2.98. The van der Waals surface area contributed by atoms with Gasteiger partial charge < -0.3 is 15.4 Å². The molecule has 0 radical (unpaired) electrons. The molecule has 0 aliphatic rings. The van der Waals surface area contributed by atoms with E-state index in [1.807, 2.05) is 48.5 Å². The quantitative estimate of drug-likeness (QED) is 0.606. The first kappa shape index (κ1) is 19.4. The predicted molar refractivity (Wildman–Crippen MR) is 113 cm³/mol. The van der Waals surface area contributed by atoms with Crippen LogP contribution in [0.4, 0.5) is 11.4 Å². The summed E-state index contributed by atoms with van der Waals surface area (Å²) in [5.74, 6) is 0.644. The summed E-state index contributed by atoms with van der Waals surface area (Å²) < 4.78 is 5.25. The van der Waals surface area contributed by atoms with Crippen molar-refractivity contribution in [3.05, 3.63) is 83.7 Å². The second kappa shape index (κ2) is 9.55. The fraction of sp³-hybridized carbons (Fsp3) is 0.217. The molecule has 1 amide bonds. The summed E-state index contributed by atoms with van der Waals surface area (Å²) in [6, 6.07) is 19.5. The predicted octanol–water partition coefficient (Wildman–Crippen LogP) is 4.56. The zero-order valence-electron chi connectivity index (χ0n) is 16.2. The Morgan fingerprint density at radius 2 is 1.93 bits per heavy atom. The Morgan fingerprint density at radius 1 is 1.07 bits per heavy atom. The molecule has 0 fully saturated rings. The highest BCUT2D eigenvalue weighted by Gasteiger charge is 2.10. The summed E-state index contributed by atoms with van der Waals surface area (Å²) in [5, 5.41) is 6.31. The van der Waals surface area contributed by atoms with Gasteiger partial charge >= 0.3 is 0 Å². The maximum Gasteiger partial charge on any atom is 0.274 e. The average Bonchev–Trinajstić information content (AvgIpc) is 2.74. The molecule has 0 saturated heterocycles. The number of hydrogen-bond acceptors (Lipinski definition) is 4. The first-order chi connectivity index (χ1) is 13.7. The zero-order chi connectivity index (χ0) is 19.8. The van der Waals surface area contributed by atoms with Crippen molar-refractivity contribution in [3.8, 4) is 5.75 Å². The molecule has 2 aromatic carbocycles. The van der Waals surface area contributed by atoms with Crippen LogP contribution in [0.5, 0.6) is 5.75 Å². The number of nitrogens with one attached hydrogen (secondary N) is 2. The standard InChI is InChI=1S/C23H25N3O2/c1-3-18-8-4-5-10-21(18)26-23(27)22-16-19(12-14-25-22)24-13-11-17-7-6-9-20(15-17)28-2/h4-10,12,14-16H,3,11,13H2,1-2H3,(H,24,25)(H,26,27). The summed E-state index contributed by atoms with van der Waals surface area (Å²) in [7, 11) is 1.67. The molecule has 3 rings (SSSR count). The van der Waals surface area contributed by atoms with Crippen molar-refractivity contribution in [1.82, 2.24) is 4.98 Å². The number of rotatable bonds is 8. The van der Waals surface area contributed by atoms with Crippen LogP contribution < -0.4 is 15.4 Å². The summed E-state index contributed by atoms with van der Waals surface area (Å²) in [6.07, 6.45) is 3.36. The van der Waals surface area contributed by atoms with Gasteiger partial charge in [0.25, 0.3) is 5.91 Å². The Bertz CT molecular complexity index is 940. The Morgan fingerprint density at radius 3 is 2.75 bits per heavy atom. The molecule has 144 valence electrons. The third-order valence-corrected chi connectivity index (χ3v) is 4.52. The molecular formula is C23H25N3O2. The van der Waals surface area contributed by atoms with E-state index in [0.717, 1.165) is 42.1 Å². The van der Waals surface area contributed by atoms with Crippen LogP contribution in [-0.4, -0.2) is 24.5 Å². The van der Waals surface area contributed by atoms with Crippen molar-refractivity contribution < 1.29 is 9.53 Å². The molecular weight excluding hydrogens is 350 g/mol. The Labute approximate surface area is 165 Å². The van der Waals surface area contributed by atoms with Crippen molar-refractivity contribution in [2.45, 2.75) is 19.8 Å². The number of ether oxygens (including phenoxy) is 1. The van der Waals surface area contributed by atoms with Crippen LogP contribution in [0.1, 0.15) is 28.5 Å². The molecule has 1 heterocycles. The van der Waals surface area contributed by atoms with Crippen LogP contribution in [0.2, 0.25) is 0 Å². The van der Waals surface area contributed by atoms with Gasteiger partial charge in [-0.15, -0.1) is 0 Å². The molecule has 0 bridgehead atoms. The molecule has 0 unspecified atom stereocenters. The highest BCUT2D eigenvalue weighted by Crippen LogP contribution is 2.17. The molecule has 5 heteroatoms. The molecule has 1 aromatic heterocycles. The van der Waals surface area contributed by atoms with Gasteiger partial charge in [-0.2, -0.15) is 0 Å². The first-order valence-electron chi connectivity index (χ1n) is 9.41. The Balaban J connectivity index is 1.61. The molecule has 0 atom stereocenters. The van der Waals surface area contributed by atoms with Crippen LogP contribution in [0.15, 0.2) is 66.9 Å². The number of para-hydroxylation sites is 1. The van der Waals surface area contributed by atoms with E-state index < -0.39 is 0 Å². The van der Waals surface area contributed by atoms with E-state index in [2.05, 4.69) is 28.6 Å². The van der Waals surface area contributed by atoms with E-state index in [9.17, 15) is 4.79 Å². The number of carbonyl (C=O) groups excluding carboxylic acids is 1. The molecule has 0 aliphatic heterocycles. The smallest absolute Gasteiger partial charge is 0.274 e. The van der Waals surface area contributed by atoms with E-state index in [-0.39, 0.29) is 5.91 Å². The van der Waals surface area contributed by atoms with Gasteiger partial charge in [0.2, 0.25) is 0 Å². The van der Waals surface area contributed by atoms with Gasteiger partial charge in [-0.3, -0.25) is 9.78 Å². The lowest BCUT2D eigenvalue weighted by Crippen LogP contribution is -2.15. The Kier molecular flexibility index (Phi) is 6.63. The molecule has 0 spiro atoms. The fourth-order valence-electron chi connectivity index (χ4n) is 2.98. The maximum atomic E-state index is 12.6. The molecule has 0 saturated carbocycles. The second-order valence-corrected chi connectivity index (χ2v) is 6.42. The SMILES string of the molecule is CCc1ccccc1NC(=O)c1cc(NCCc2cccc(OC)c2)ccn1. The topological polar surface area (TPSA) is 63.2 Å². The number of methoxy groups -OCH3 is 1. The number of amides is 1. The van der Waals surface area contributed by atoms with Crippen LogP contribution in [0, 0.1) is 0 Å².